The normalized spacial score (nSPS) is 21.0. The highest BCUT2D eigenvalue weighted by Gasteiger charge is 2.21. The van der Waals surface area contributed by atoms with Crippen LogP contribution in [0.3, 0.4) is 0 Å². The summed E-state index contributed by atoms with van der Waals surface area (Å²) in [6.45, 7) is 5.00. The van der Waals surface area contributed by atoms with Gasteiger partial charge in [-0.25, -0.2) is 4.98 Å². The minimum atomic E-state index is 0.207. The van der Waals surface area contributed by atoms with Gasteiger partial charge in [-0.3, -0.25) is 0 Å². The van der Waals surface area contributed by atoms with Crippen molar-refractivity contribution < 1.29 is 14.2 Å². The smallest absolute Gasteiger partial charge is 0.161 e. The molecule has 6 heteroatoms. The zero-order chi connectivity index (χ0) is 16.4. The van der Waals surface area contributed by atoms with Crippen LogP contribution in [0.25, 0.3) is 0 Å². The average Bonchev–Trinajstić information content (AvgIpc) is 3.30. The summed E-state index contributed by atoms with van der Waals surface area (Å²) in [4.78, 5) is 4.71. The van der Waals surface area contributed by atoms with Crippen LogP contribution in [0.15, 0.2) is 23.6 Å². The molecular formula is C18H22N2O3S. The van der Waals surface area contributed by atoms with E-state index in [2.05, 4.69) is 29.8 Å². The van der Waals surface area contributed by atoms with Crippen molar-refractivity contribution in [2.24, 2.45) is 0 Å². The molecule has 2 aromatic rings. The quantitative estimate of drug-likeness (QED) is 0.896. The van der Waals surface area contributed by atoms with Crippen molar-refractivity contribution in [2.75, 3.05) is 19.8 Å². The number of nitrogens with one attached hydrogen (secondary N) is 1. The molecule has 4 rings (SSSR count). The number of ether oxygens (including phenoxy) is 3. The number of aromatic nitrogens is 1. The van der Waals surface area contributed by atoms with Gasteiger partial charge in [-0.05, 0) is 37.5 Å². The minimum absolute atomic E-state index is 0.207. The lowest BCUT2D eigenvalue weighted by atomic mass is 10.1. The van der Waals surface area contributed by atoms with Gasteiger partial charge in [0.25, 0.3) is 0 Å². The first-order valence-electron chi connectivity index (χ1n) is 8.48. The summed E-state index contributed by atoms with van der Waals surface area (Å²) < 4.78 is 16.9. The maximum atomic E-state index is 5.70. The summed E-state index contributed by atoms with van der Waals surface area (Å²) in [5.74, 6) is 1.67. The van der Waals surface area contributed by atoms with E-state index in [-0.39, 0.29) is 12.1 Å². The highest BCUT2D eigenvalue weighted by Crippen LogP contribution is 2.33. The second kappa shape index (κ2) is 7.09. The van der Waals surface area contributed by atoms with E-state index in [0.29, 0.717) is 13.2 Å². The van der Waals surface area contributed by atoms with Crippen molar-refractivity contribution in [1.29, 1.82) is 0 Å². The van der Waals surface area contributed by atoms with E-state index in [4.69, 9.17) is 19.2 Å². The molecule has 0 radical (unpaired) electrons. The highest BCUT2D eigenvalue weighted by atomic mass is 32.1. The monoisotopic (exact) mass is 346 g/mol. The van der Waals surface area contributed by atoms with Gasteiger partial charge in [-0.2, -0.15) is 0 Å². The SMILES string of the molecule is C[C@@H](NCc1csc([C@H]2CCCO2)n1)c1ccc2c(c1)OCCO2. The fourth-order valence-corrected chi connectivity index (χ4v) is 3.93. The Morgan fingerprint density at radius 1 is 1.25 bits per heavy atom. The summed E-state index contributed by atoms with van der Waals surface area (Å²) in [5, 5.41) is 6.77. The second-order valence-electron chi connectivity index (χ2n) is 6.18. The third-order valence-electron chi connectivity index (χ3n) is 4.43. The van der Waals surface area contributed by atoms with Crippen LogP contribution >= 0.6 is 11.3 Å². The van der Waals surface area contributed by atoms with Gasteiger partial charge in [0.05, 0.1) is 5.69 Å². The Morgan fingerprint density at radius 2 is 2.12 bits per heavy atom. The molecule has 2 aliphatic rings. The number of hydrogen-bond acceptors (Lipinski definition) is 6. The summed E-state index contributed by atoms with van der Waals surface area (Å²) >= 11 is 1.70. The number of rotatable bonds is 5. The zero-order valence-electron chi connectivity index (χ0n) is 13.8. The Bertz CT molecular complexity index is 697. The van der Waals surface area contributed by atoms with Gasteiger partial charge in [0.2, 0.25) is 0 Å². The molecule has 1 saturated heterocycles. The van der Waals surface area contributed by atoms with Crippen molar-refractivity contribution in [1.82, 2.24) is 10.3 Å². The first-order valence-corrected chi connectivity index (χ1v) is 9.36. The van der Waals surface area contributed by atoms with E-state index in [1.54, 1.807) is 11.3 Å². The molecule has 128 valence electrons. The molecule has 2 aliphatic heterocycles. The van der Waals surface area contributed by atoms with Crippen molar-refractivity contribution in [2.45, 2.75) is 38.5 Å². The molecule has 1 N–H and O–H groups in total. The van der Waals surface area contributed by atoms with Crippen LogP contribution in [0.5, 0.6) is 11.5 Å². The van der Waals surface area contributed by atoms with Crippen molar-refractivity contribution >= 4 is 11.3 Å². The van der Waals surface area contributed by atoms with Gasteiger partial charge in [0, 0.05) is 24.6 Å². The third-order valence-corrected chi connectivity index (χ3v) is 5.42. The van der Waals surface area contributed by atoms with Crippen LogP contribution in [0.2, 0.25) is 0 Å². The largest absolute Gasteiger partial charge is 0.486 e. The Kier molecular flexibility index (Phi) is 4.69. The van der Waals surface area contributed by atoms with Gasteiger partial charge >= 0.3 is 0 Å². The molecule has 0 aliphatic carbocycles. The lowest BCUT2D eigenvalue weighted by Crippen LogP contribution is -2.19. The van der Waals surface area contributed by atoms with Crippen LogP contribution in [-0.2, 0) is 11.3 Å². The summed E-state index contributed by atoms with van der Waals surface area (Å²) in [5.41, 5.74) is 2.27. The molecule has 5 nitrogen and oxygen atoms in total. The first kappa shape index (κ1) is 15.9. The topological polar surface area (TPSA) is 52.6 Å². The van der Waals surface area contributed by atoms with Crippen LogP contribution < -0.4 is 14.8 Å². The van der Waals surface area contributed by atoms with Crippen LogP contribution in [0.4, 0.5) is 0 Å². The second-order valence-corrected chi connectivity index (χ2v) is 7.07. The van der Waals surface area contributed by atoms with E-state index in [0.717, 1.165) is 48.2 Å². The van der Waals surface area contributed by atoms with Gasteiger partial charge < -0.3 is 19.5 Å². The van der Waals surface area contributed by atoms with E-state index < -0.39 is 0 Å². The lowest BCUT2D eigenvalue weighted by Gasteiger charge is -2.21. The number of thiazole rings is 1. The van der Waals surface area contributed by atoms with Crippen molar-refractivity contribution in [3.05, 3.63) is 39.8 Å². The van der Waals surface area contributed by atoms with Crippen LogP contribution in [-0.4, -0.2) is 24.8 Å². The first-order chi connectivity index (χ1) is 11.8. The Hall–Kier alpha value is -1.63. The highest BCUT2D eigenvalue weighted by molar-refractivity contribution is 7.09. The molecule has 3 heterocycles. The Balaban J connectivity index is 1.37. The van der Waals surface area contributed by atoms with E-state index in [9.17, 15) is 0 Å². The van der Waals surface area contributed by atoms with E-state index in [1.165, 1.54) is 5.56 Å². The van der Waals surface area contributed by atoms with Crippen LogP contribution in [0.1, 0.15) is 48.2 Å². The molecule has 24 heavy (non-hydrogen) atoms. The average molecular weight is 346 g/mol. The molecule has 0 amide bonds. The number of hydrogen-bond donors (Lipinski definition) is 1. The molecule has 1 aromatic heterocycles. The molecule has 0 spiro atoms. The number of nitrogens with zero attached hydrogens (tertiary/aromatic N) is 1. The van der Waals surface area contributed by atoms with Crippen molar-refractivity contribution in [3.8, 4) is 11.5 Å². The molecule has 0 bridgehead atoms. The fourth-order valence-electron chi connectivity index (χ4n) is 3.03. The van der Waals surface area contributed by atoms with Crippen LogP contribution in [0, 0.1) is 0 Å². The molecular weight excluding hydrogens is 324 g/mol. The zero-order valence-corrected chi connectivity index (χ0v) is 14.6. The standard InChI is InChI=1S/C18H22N2O3S/c1-12(13-4-5-15-17(9-13)23-8-7-22-15)19-10-14-11-24-18(20-14)16-3-2-6-21-16/h4-5,9,11-12,16,19H,2-3,6-8,10H2,1H3/t12-,16-/m1/s1. The maximum Gasteiger partial charge on any atom is 0.161 e. The minimum Gasteiger partial charge on any atom is -0.486 e. The Labute approximate surface area is 146 Å². The predicted octanol–water partition coefficient (Wildman–Crippen LogP) is 3.62. The molecule has 1 aromatic carbocycles. The van der Waals surface area contributed by atoms with E-state index in [1.807, 2.05) is 6.07 Å². The fraction of sp³-hybridized carbons (Fsp3) is 0.500. The lowest BCUT2D eigenvalue weighted by molar-refractivity contribution is 0.111. The number of benzene rings is 1. The molecule has 2 atom stereocenters. The Morgan fingerprint density at radius 3 is 2.96 bits per heavy atom. The molecule has 0 saturated carbocycles. The summed E-state index contributed by atoms with van der Waals surface area (Å²) in [6, 6.07) is 6.35. The molecule has 1 fully saturated rings. The van der Waals surface area contributed by atoms with Gasteiger partial charge in [-0.1, -0.05) is 6.07 Å². The van der Waals surface area contributed by atoms with Gasteiger partial charge in [0.1, 0.15) is 24.3 Å². The predicted molar refractivity (Wildman–Crippen MR) is 92.7 cm³/mol. The summed E-state index contributed by atoms with van der Waals surface area (Å²) in [7, 11) is 0. The summed E-state index contributed by atoms with van der Waals surface area (Å²) in [6.07, 6.45) is 2.44. The van der Waals surface area contributed by atoms with Gasteiger partial charge in [0.15, 0.2) is 11.5 Å². The number of fused-ring (bicyclic) bond motifs is 1. The van der Waals surface area contributed by atoms with E-state index >= 15 is 0 Å². The van der Waals surface area contributed by atoms with Crippen molar-refractivity contribution in [3.63, 3.8) is 0 Å². The molecule has 0 unspecified atom stereocenters. The van der Waals surface area contributed by atoms with Gasteiger partial charge in [-0.15, -0.1) is 11.3 Å². The maximum absolute atomic E-state index is 5.70. The third kappa shape index (κ3) is 3.41.